The molecule has 2 aromatic rings. The molecule has 0 saturated carbocycles. The van der Waals surface area contributed by atoms with E-state index in [0.717, 1.165) is 25.2 Å². The Morgan fingerprint density at radius 3 is 3.12 bits per heavy atom. The Bertz CT molecular complexity index is 522. The van der Waals surface area contributed by atoms with Gasteiger partial charge in [0, 0.05) is 25.4 Å². The van der Waals surface area contributed by atoms with Crippen LogP contribution in [0.2, 0.25) is 0 Å². The van der Waals surface area contributed by atoms with E-state index < -0.39 is 0 Å². The van der Waals surface area contributed by atoms with Crippen molar-refractivity contribution >= 4 is 21.6 Å². The molecular formula is C10H12BrN5O. The number of H-pyrrole nitrogens is 2. The molecule has 0 aromatic carbocycles. The van der Waals surface area contributed by atoms with Crippen molar-refractivity contribution in [2.45, 2.75) is 12.8 Å². The standard InChI is InChI=1S/C10H12BrN5O/c11-9-7(6-15-16-10(9)17)12-3-1-2-8-13-4-5-14-8/h4-6H,1-3H2,(H,13,14)(H2,12,16,17). The Hall–Kier alpha value is -1.63. The zero-order valence-corrected chi connectivity index (χ0v) is 10.6. The van der Waals surface area contributed by atoms with Crippen LogP contribution < -0.4 is 10.9 Å². The van der Waals surface area contributed by atoms with Crippen molar-refractivity contribution in [1.29, 1.82) is 0 Å². The van der Waals surface area contributed by atoms with Gasteiger partial charge in [0.1, 0.15) is 10.3 Å². The fraction of sp³-hybridized carbons (Fsp3) is 0.300. The Morgan fingerprint density at radius 1 is 1.47 bits per heavy atom. The first-order valence-corrected chi connectivity index (χ1v) is 6.02. The first-order valence-electron chi connectivity index (χ1n) is 5.22. The van der Waals surface area contributed by atoms with Gasteiger partial charge in [-0.3, -0.25) is 4.79 Å². The molecule has 0 radical (unpaired) electrons. The van der Waals surface area contributed by atoms with Crippen molar-refractivity contribution in [2.75, 3.05) is 11.9 Å². The highest BCUT2D eigenvalue weighted by atomic mass is 79.9. The van der Waals surface area contributed by atoms with Crippen LogP contribution in [0.1, 0.15) is 12.2 Å². The van der Waals surface area contributed by atoms with Crippen molar-refractivity contribution in [2.24, 2.45) is 0 Å². The smallest absolute Gasteiger partial charge is 0.280 e. The van der Waals surface area contributed by atoms with Crippen LogP contribution in [-0.2, 0) is 6.42 Å². The largest absolute Gasteiger partial charge is 0.383 e. The van der Waals surface area contributed by atoms with Crippen LogP contribution in [-0.4, -0.2) is 26.7 Å². The number of halogens is 1. The summed E-state index contributed by atoms with van der Waals surface area (Å²) in [5, 5.41) is 9.22. The van der Waals surface area contributed by atoms with E-state index in [0.29, 0.717) is 10.2 Å². The van der Waals surface area contributed by atoms with E-state index in [1.54, 1.807) is 18.6 Å². The Balaban J connectivity index is 1.82. The molecule has 0 saturated heterocycles. The maximum absolute atomic E-state index is 11.2. The van der Waals surface area contributed by atoms with Gasteiger partial charge in [-0.1, -0.05) is 0 Å². The normalized spacial score (nSPS) is 10.4. The number of aryl methyl sites for hydroxylation is 1. The molecular weight excluding hydrogens is 286 g/mol. The molecule has 0 spiro atoms. The summed E-state index contributed by atoms with van der Waals surface area (Å²) in [5.41, 5.74) is 0.467. The molecule has 6 nitrogen and oxygen atoms in total. The fourth-order valence-electron chi connectivity index (χ4n) is 1.42. The second kappa shape index (κ2) is 5.62. The van der Waals surface area contributed by atoms with Gasteiger partial charge in [-0.2, -0.15) is 5.10 Å². The van der Waals surface area contributed by atoms with Gasteiger partial charge in [-0.05, 0) is 22.4 Å². The summed E-state index contributed by atoms with van der Waals surface area (Å²) in [6, 6.07) is 0. The molecule has 90 valence electrons. The molecule has 0 aliphatic carbocycles. The molecule has 0 aliphatic heterocycles. The highest BCUT2D eigenvalue weighted by Gasteiger charge is 2.03. The van der Waals surface area contributed by atoms with Gasteiger partial charge in [0.05, 0.1) is 11.9 Å². The second-order valence-corrected chi connectivity index (χ2v) is 4.29. The monoisotopic (exact) mass is 297 g/mol. The highest BCUT2D eigenvalue weighted by Crippen LogP contribution is 2.14. The zero-order valence-electron chi connectivity index (χ0n) is 9.03. The van der Waals surface area contributed by atoms with Gasteiger partial charge < -0.3 is 10.3 Å². The zero-order chi connectivity index (χ0) is 12.1. The maximum atomic E-state index is 11.2. The lowest BCUT2D eigenvalue weighted by Gasteiger charge is -2.06. The second-order valence-electron chi connectivity index (χ2n) is 3.49. The number of aromatic nitrogens is 4. The minimum absolute atomic E-state index is 0.235. The van der Waals surface area contributed by atoms with Gasteiger partial charge in [-0.25, -0.2) is 10.1 Å². The quantitative estimate of drug-likeness (QED) is 0.726. The third-order valence-electron chi connectivity index (χ3n) is 2.26. The summed E-state index contributed by atoms with van der Waals surface area (Å²) in [7, 11) is 0. The van der Waals surface area contributed by atoms with E-state index in [-0.39, 0.29) is 5.56 Å². The molecule has 17 heavy (non-hydrogen) atoms. The van der Waals surface area contributed by atoms with Crippen LogP contribution in [0.15, 0.2) is 27.9 Å². The molecule has 0 bridgehead atoms. The average molecular weight is 298 g/mol. The molecule has 3 N–H and O–H groups in total. The summed E-state index contributed by atoms with van der Waals surface area (Å²) < 4.78 is 0.477. The lowest BCUT2D eigenvalue weighted by molar-refractivity contribution is 0.814. The summed E-state index contributed by atoms with van der Waals surface area (Å²) in [5.74, 6) is 0.967. The molecule has 0 fully saturated rings. The number of hydrogen-bond acceptors (Lipinski definition) is 4. The lowest BCUT2D eigenvalue weighted by Crippen LogP contribution is -2.13. The molecule has 0 unspecified atom stereocenters. The first-order chi connectivity index (χ1) is 8.27. The SMILES string of the molecule is O=c1[nH]ncc(NCCCc2ncc[nH]2)c1Br. The van der Waals surface area contributed by atoms with Gasteiger partial charge >= 0.3 is 0 Å². The van der Waals surface area contributed by atoms with E-state index in [2.05, 4.69) is 41.4 Å². The van der Waals surface area contributed by atoms with Crippen molar-refractivity contribution in [3.8, 4) is 0 Å². The molecule has 7 heteroatoms. The van der Waals surface area contributed by atoms with Crippen molar-refractivity contribution in [1.82, 2.24) is 20.2 Å². The van der Waals surface area contributed by atoms with Crippen LogP contribution in [0.3, 0.4) is 0 Å². The average Bonchev–Trinajstić information content (AvgIpc) is 2.83. The third kappa shape index (κ3) is 3.16. The number of imidazole rings is 1. The first kappa shape index (κ1) is 11.8. The van der Waals surface area contributed by atoms with Gasteiger partial charge in [0.15, 0.2) is 0 Å². The van der Waals surface area contributed by atoms with E-state index in [1.165, 1.54) is 0 Å². The maximum Gasteiger partial charge on any atom is 0.280 e. The Labute approximate surface area is 106 Å². The summed E-state index contributed by atoms with van der Waals surface area (Å²) >= 11 is 3.21. The van der Waals surface area contributed by atoms with Crippen molar-refractivity contribution in [3.63, 3.8) is 0 Å². The molecule has 0 aliphatic rings. The predicted molar refractivity (Wildman–Crippen MR) is 68.0 cm³/mol. The minimum Gasteiger partial charge on any atom is -0.383 e. The number of aromatic amines is 2. The van der Waals surface area contributed by atoms with Crippen LogP contribution in [0.4, 0.5) is 5.69 Å². The van der Waals surface area contributed by atoms with Crippen molar-refractivity contribution < 1.29 is 0 Å². The molecule has 2 rings (SSSR count). The van der Waals surface area contributed by atoms with Gasteiger partial charge in [0.2, 0.25) is 0 Å². The number of anilines is 1. The number of nitrogens with one attached hydrogen (secondary N) is 3. The fourth-order valence-corrected chi connectivity index (χ4v) is 1.75. The number of nitrogens with zero attached hydrogens (tertiary/aromatic N) is 2. The minimum atomic E-state index is -0.235. The van der Waals surface area contributed by atoms with Crippen molar-refractivity contribution in [3.05, 3.63) is 39.2 Å². The summed E-state index contributed by atoms with van der Waals surface area (Å²) in [6.07, 6.45) is 6.92. The Kier molecular flexibility index (Phi) is 3.92. The van der Waals surface area contributed by atoms with E-state index >= 15 is 0 Å². The molecule has 0 atom stereocenters. The lowest BCUT2D eigenvalue weighted by atomic mass is 10.3. The molecule has 2 aromatic heterocycles. The van der Waals surface area contributed by atoms with Crippen LogP contribution >= 0.6 is 15.9 Å². The van der Waals surface area contributed by atoms with E-state index in [9.17, 15) is 4.79 Å². The topological polar surface area (TPSA) is 86.5 Å². The van der Waals surface area contributed by atoms with E-state index in [4.69, 9.17) is 0 Å². The number of rotatable bonds is 5. The van der Waals surface area contributed by atoms with Crippen LogP contribution in [0.5, 0.6) is 0 Å². The Morgan fingerprint density at radius 2 is 2.35 bits per heavy atom. The summed E-state index contributed by atoms with van der Waals surface area (Å²) in [4.78, 5) is 18.4. The molecule has 0 amide bonds. The van der Waals surface area contributed by atoms with E-state index in [1.807, 2.05) is 0 Å². The summed E-state index contributed by atoms with van der Waals surface area (Å²) in [6.45, 7) is 0.754. The molecule has 2 heterocycles. The highest BCUT2D eigenvalue weighted by molar-refractivity contribution is 9.10. The third-order valence-corrected chi connectivity index (χ3v) is 3.04. The van der Waals surface area contributed by atoms with Crippen LogP contribution in [0.25, 0.3) is 0 Å². The van der Waals surface area contributed by atoms with Gasteiger partial charge in [-0.15, -0.1) is 0 Å². The number of hydrogen-bond donors (Lipinski definition) is 3. The van der Waals surface area contributed by atoms with Crippen LogP contribution in [0, 0.1) is 0 Å². The predicted octanol–water partition coefficient (Wildman–Crippen LogP) is 1.30. The van der Waals surface area contributed by atoms with Gasteiger partial charge in [0.25, 0.3) is 5.56 Å².